The molecule has 1 N–H and O–H groups in total. The molecule has 30 heavy (non-hydrogen) atoms. The van der Waals surface area contributed by atoms with Crippen LogP contribution in [0.1, 0.15) is 40.8 Å². The molecule has 1 saturated carbocycles. The van der Waals surface area contributed by atoms with Gasteiger partial charge in [-0.15, -0.1) is 0 Å². The molecule has 2 aliphatic rings. The first-order chi connectivity index (χ1) is 14.5. The smallest absolute Gasteiger partial charge is 0.257 e. The highest BCUT2D eigenvalue weighted by Gasteiger charge is 2.50. The largest absolute Gasteiger partial charge is 0.493 e. The number of H-pyrrole nitrogens is 1. The third kappa shape index (κ3) is 3.05. The fourth-order valence-electron chi connectivity index (χ4n) is 4.44. The van der Waals surface area contributed by atoms with Gasteiger partial charge in [0.25, 0.3) is 5.56 Å². The fraction of sp³-hybridized carbons (Fsp3) is 0.320. The van der Waals surface area contributed by atoms with Crippen LogP contribution in [0.3, 0.4) is 0 Å². The predicted molar refractivity (Wildman–Crippen MR) is 115 cm³/mol. The van der Waals surface area contributed by atoms with Gasteiger partial charge >= 0.3 is 0 Å². The quantitative estimate of drug-likeness (QED) is 0.706. The molecule has 1 aromatic carbocycles. The monoisotopic (exact) mass is 400 g/mol. The molecule has 0 unspecified atom stereocenters. The Morgan fingerprint density at radius 1 is 1.20 bits per heavy atom. The fourth-order valence-corrected chi connectivity index (χ4v) is 4.44. The average Bonchev–Trinajstić information content (AvgIpc) is 3.42. The lowest BCUT2D eigenvalue weighted by atomic mass is 9.87. The van der Waals surface area contributed by atoms with Gasteiger partial charge in [-0.2, -0.15) is 0 Å². The van der Waals surface area contributed by atoms with Crippen molar-refractivity contribution < 1.29 is 9.53 Å². The molecular weight excluding hydrogens is 376 g/mol. The number of hydrogen-bond donors (Lipinski definition) is 1. The molecule has 1 fully saturated rings. The maximum atomic E-state index is 13.4. The predicted octanol–water partition coefficient (Wildman–Crippen LogP) is 3.83. The van der Waals surface area contributed by atoms with Crippen molar-refractivity contribution in [1.29, 1.82) is 0 Å². The highest BCUT2D eigenvalue weighted by molar-refractivity contribution is 5.94. The lowest BCUT2D eigenvalue weighted by molar-refractivity contribution is -0.120. The number of Topliss-reactive ketones (excluding diaryl/α,β-unsaturated/α-hetero) is 1. The standard InChI is InChI=1S/C25H24N2O3/c1-15-12-19(27-23(16(15)2)20-4-3-10-26-24(20)29)14-22(28)25(8-9-25)18-5-6-21-17(13-18)7-11-30-21/h3-6,10,12-13H,7-9,11,14H2,1-2H3,(H,26,29). The number of aromatic amines is 1. The Morgan fingerprint density at radius 3 is 2.80 bits per heavy atom. The van der Waals surface area contributed by atoms with Crippen molar-refractivity contribution in [3.8, 4) is 17.0 Å². The molecule has 5 heteroatoms. The third-order valence-corrected chi connectivity index (χ3v) is 6.53. The summed E-state index contributed by atoms with van der Waals surface area (Å²) >= 11 is 0. The van der Waals surface area contributed by atoms with E-state index in [4.69, 9.17) is 9.72 Å². The minimum Gasteiger partial charge on any atom is -0.493 e. The van der Waals surface area contributed by atoms with Gasteiger partial charge in [-0.1, -0.05) is 12.1 Å². The van der Waals surface area contributed by atoms with Crippen molar-refractivity contribution in [3.63, 3.8) is 0 Å². The minimum absolute atomic E-state index is 0.171. The number of hydrogen-bond acceptors (Lipinski definition) is 4. The first-order valence-corrected chi connectivity index (χ1v) is 10.4. The Bertz CT molecular complexity index is 1220. The summed E-state index contributed by atoms with van der Waals surface area (Å²) in [6.07, 6.45) is 4.54. The molecule has 3 heterocycles. The van der Waals surface area contributed by atoms with Crippen LogP contribution in [0.25, 0.3) is 11.3 Å². The molecule has 5 nitrogen and oxygen atoms in total. The molecular formula is C25H24N2O3. The normalized spacial score (nSPS) is 16.1. The zero-order chi connectivity index (χ0) is 20.9. The molecule has 1 aliphatic carbocycles. The van der Waals surface area contributed by atoms with Crippen molar-refractivity contribution in [1.82, 2.24) is 9.97 Å². The van der Waals surface area contributed by atoms with E-state index in [1.807, 2.05) is 32.0 Å². The Balaban J connectivity index is 1.47. The van der Waals surface area contributed by atoms with E-state index in [1.165, 1.54) is 5.56 Å². The first kappa shape index (κ1) is 18.8. The number of carbonyl (C=O) groups is 1. The summed E-state index contributed by atoms with van der Waals surface area (Å²) in [5.41, 5.74) is 5.62. The summed E-state index contributed by atoms with van der Waals surface area (Å²) in [5.74, 6) is 1.14. The van der Waals surface area contributed by atoms with Crippen LogP contribution in [0.4, 0.5) is 0 Å². The molecule has 3 aromatic rings. The van der Waals surface area contributed by atoms with Crippen LogP contribution in [0.15, 0.2) is 47.4 Å². The van der Waals surface area contributed by atoms with E-state index in [1.54, 1.807) is 18.3 Å². The number of benzene rings is 1. The van der Waals surface area contributed by atoms with Crippen LogP contribution >= 0.6 is 0 Å². The van der Waals surface area contributed by atoms with Gasteiger partial charge in [-0.3, -0.25) is 14.6 Å². The molecule has 5 rings (SSSR count). The van der Waals surface area contributed by atoms with Crippen LogP contribution in [0, 0.1) is 13.8 Å². The second kappa shape index (κ2) is 6.94. The van der Waals surface area contributed by atoms with Crippen LogP contribution < -0.4 is 10.3 Å². The van der Waals surface area contributed by atoms with Crippen LogP contribution in [0.2, 0.25) is 0 Å². The Hall–Kier alpha value is -3.21. The Kier molecular flexibility index (Phi) is 4.35. The van der Waals surface area contributed by atoms with Gasteiger partial charge in [-0.25, -0.2) is 0 Å². The van der Waals surface area contributed by atoms with Crippen molar-refractivity contribution in [3.05, 3.63) is 80.9 Å². The molecule has 1 aliphatic heterocycles. The molecule has 0 atom stereocenters. The molecule has 0 radical (unpaired) electrons. The van der Waals surface area contributed by atoms with Gasteiger partial charge < -0.3 is 9.72 Å². The number of pyridine rings is 2. The summed E-state index contributed by atoms with van der Waals surface area (Å²) in [7, 11) is 0. The van der Waals surface area contributed by atoms with Gasteiger partial charge in [0, 0.05) is 24.7 Å². The molecule has 0 spiro atoms. The van der Waals surface area contributed by atoms with E-state index < -0.39 is 5.41 Å². The van der Waals surface area contributed by atoms with Gasteiger partial charge in [0.1, 0.15) is 11.5 Å². The zero-order valence-corrected chi connectivity index (χ0v) is 17.2. The number of aromatic nitrogens is 2. The van der Waals surface area contributed by atoms with Crippen molar-refractivity contribution in [2.24, 2.45) is 0 Å². The lowest BCUT2D eigenvalue weighted by Crippen LogP contribution is -2.23. The van der Waals surface area contributed by atoms with Gasteiger partial charge in [-0.05, 0) is 73.2 Å². The Morgan fingerprint density at radius 2 is 2.03 bits per heavy atom. The summed E-state index contributed by atoms with van der Waals surface area (Å²) in [4.78, 5) is 33.1. The van der Waals surface area contributed by atoms with Crippen molar-refractivity contribution >= 4 is 5.78 Å². The van der Waals surface area contributed by atoms with Crippen molar-refractivity contribution in [2.45, 2.75) is 44.9 Å². The van der Waals surface area contributed by atoms with Crippen molar-refractivity contribution in [2.75, 3.05) is 6.61 Å². The molecule has 152 valence electrons. The highest BCUT2D eigenvalue weighted by Crippen LogP contribution is 2.50. The highest BCUT2D eigenvalue weighted by atomic mass is 16.5. The van der Waals surface area contributed by atoms with E-state index in [9.17, 15) is 9.59 Å². The molecule has 0 bridgehead atoms. The van der Waals surface area contributed by atoms with Crippen LogP contribution in [0.5, 0.6) is 5.75 Å². The Labute approximate surface area is 175 Å². The van der Waals surface area contributed by atoms with E-state index in [0.717, 1.165) is 47.4 Å². The number of fused-ring (bicyclic) bond motifs is 1. The molecule has 0 amide bonds. The topological polar surface area (TPSA) is 72.0 Å². The minimum atomic E-state index is -0.400. The first-order valence-electron chi connectivity index (χ1n) is 10.4. The number of aryl methyl sites for hydroxylation is 1. The maximum Gasteiger partial charge on any atom is 0.257 e. The number of carbonyl (C=O) groups excluding carboxylic acids is 1. The SMILES string of the molecule is Cc1cc(CC(=O)C2(c3ccc4c(c3)CCO4)CC2)nc(-c2ccc[nH]c2=O)c1C. The maximum absolute atomic E-state index is 13.4. The van der Waals surface area contributed by atoms with Crippen LogP contribution in [-0.4, -0.2) is 22.4 Å². The number of rotatable bonds is 5. The third-order valence-electron chi connectivity index (χ3n) is 6.53. The summed E-state index contributed by atoms with van der Waals surface area (Å²) < 4.78 is 5.61. The number of nitrogens with zero attached hydrogens (tertiary/aromatic N) is 1. The molecule has 2 aromatic heterocycles. The van der Waals surface area contributed by atoms with Gasteiger partial charge in [0.05, 0.1) is 23.3 Å². The van der Waals surface area contributed by atoms with E-state index in [0.29, 0.717) is 17.9 Å². The van der Waals surface area contributed by atoms with E-state index in [-0.39, 0.29) is 17.8 Å². The number of ether oxygens (including phenoxy) is 1. The average molecular weight is 400 g/mol. The van der Waals surface area contributed by atoms with Crippen LogP contribution in [-0.2, 0) is 23.1 Å². The van der Waals surface area contributed by atoms with E-state index >= 15 is 0 Å². The second-order valence-electron chi connectivity index (χ2n) is 8.42. The molecule has 0 saturated heterocycles. The van der Waals surface area contributed by atoms with Gasteiger partial charge in [0.2, 0.25) is 0 Å². The zero-order valence-electron chi connectivity index (χ0n) is 17.2. The second-order valence-corrected chi connectivity index (χ2v) is 8.42. The lowest BCUT2D eigenvalue weighted by Gasteiger charge is -2.17. The van der Waals surface area contributed by atoms with E-state index in [2.05, 4.69) is 11.1 Å². The number of ketones is 1. The summed E-state index contributed by atoms with van der Waals surface area (Å²) in [5, 5.41) is 0. The summed E-state index contributed by atoms with van der Waals surface area (Å²) in [6.45, 7) is 4.68. The van der Waals surface area contributed by atoms with Gasteiger partial charge in [0.15, 0.2) is 0 Å². The summed E-state index contributed by atoms with van der Waals surface area (Å²) in [6, 6.07) is 11.7. The number of nitrogens with one attached hydrogen (secondary N) is 1.